The number of rotatable bonds is 6. The van der Waals surface area contributed by atoms with Gasteiger partial charge < -0.3 is 10.6 Å². The Kier molecular flexibility index (Phi) is 6.82. The minimum absolute atomic E-state index is 0.0509. The van der Waals surface area contributed by atoms with Gasteiger partial charge in [-0.15, -0.1) is 0 Å². The lowest BCUT2D eigenvalue weighted by Gasteiger charge is -2.30. The molecule has 0 saturated carbocycles. The van der Waals surface area contributed by atoms with E-state index in [1.165, 1.54) is 38.4 Å². The van der Waals surface area contributed by atoms with Crippen molar-refractivity contribution in [3.05, 3.63) is 59.7 Å². The Morgan fingerprint density at radius 1 is 0.893 bits per heavy atom. The Morgan fingerprint density at radius 3 is 2.00 bits per heavy atom. The number of piperidine rings is 1. The molecular weight excluding hydrogens is 350 g/mol. The first kappa shape index (κ1) is 20.1. The highest BCUT2D eigenvalue weighted by Crippen LogP contribution is 2.19. The molecule has 1 saturated heterocycles. The van der Waals surface area contributed by atoms with Gasteiger partial charge in [0.25, 0.3) is 0 Å². The van der Waals surface area contributed by atoms with Crippen molar-refractivity contribution in [3.63, 3.8) is 0 Å². The van der Waals surface area contributed by atoms with Crippen molar-refractivity contribution < 1.29 is 9.59 Å². The molecule has 3 rings (SSSR count). The number of anilines is 2. The molecule has 0 unspecified atom stereocenters. The number of carbonyl (C=O) groups is 2. The van der Waals surface area contributed by atoms with E-state index >= 15 is 0 Å². The zero-order valence-electron chi connectivity index (χ0n) is 16.7. The van der Waals surface area contributed by atoms with Crippen LogP contribution in [-0.2, 0) is 22.6 Å². The average Bonchev–Trinajstić information content (AvgIpc) is 2.66. The molecule has 148 valence electrons. The molecule has 0 atom stereocenters. The minimum Gasteiger partial charge on any atom is -0.326 e. The first-order valence-electron chi connectivity index (χ1n) is 9.95. The van der Waals surface area contributed by atoms with Crippen LogP contribution in [0.1, 0.15) is 37.8 Å². The van der Waals surface area contributed by atoms with Gasteiger partial charge in [-0.3, -0.25) is 14.5 Å². The van der Waals surface area contributed by atoms with E-state index in [2.05, 4.69) is 34.6 Å². The van der Waals surface area contributed by atoms with E-state index in [9.17, 15) is 9.59 Å². The highest BCUT2D eigenvalue weighted by atomic mass is 16.2. The van der Waals surface area contributed by atoms with E-state index in [0.29, 0.717) is 6.42 Å². The normalized spacial score (nSPS) is 15.2. The standard InChI is InChI=1S/C23H29N3O2/c1-17-11-13-26(14-12-17)16-20-5-9-22(10-6-20)25-23(28)15-19-3-7-21(8-4-19)24-18(2)27/h3-10,17H,11-16H2,1-2H3,(H,24,27)(H,25,28). The summed E-state index contributed by atoms with van der Waals surface area (Å²) in [5.74, 6) is 0.685. The summed E-state index contributed by atoms with van der Waals surface area (Å²) >= 11 is 0. The molecule has 0 aliphatic carbocycles. The fourth-order valence-corrected chi connectivity index (χ4v) is 3.47. The minimum atomic E-state index is -0.108. The number of hydrogen-bond acceptors (Lipinski definition) is 3. The second-order valence-electron chi connectivity index (χ2n) is 7.76. The summed E-state index contributed by atoms with van der Waals surface area (Å²) in [6.07, 6.45) is 2.86. The predicted molar refractivity (Wildman–Crippen MR) is 113 cm³/mol. The van der Waals surface area contributed by atoms with E-state index in [-0.39, 0.29) is 11.8 Å². The quantitative estimate of drug-likeness (QED) is 0.796. The number of hydrogen-bond donors (Lipinski definition) is 2. The van der Waals surface area contributed by atoms with Gasteiger partial charge in [0.1, 0.15) is 0 Å². The van der Waals surface area contributed by atoms with Crippen molar-refractivity contribution in [2.75, 3.05) is 23.7 Å². The van der Waals surface area contributed by atoms with Crippen molar-refractivity contribution in [2.24, 2.45) is 5.92 Å². The van der Waals surface area contributed by atoms with Gasteiger partial charge in [0.05, 0.1) is 6.42 Å². The smallest absolute Gasteiger partial charge is 0.228 e. The third kappa shape index (κ3) is 6.20. The molecule has 0 aromatic heterocycles. The highest BCUT2D eigenvalue weighted by molar-refractivity contribution is 5.92. The molecule has 1 aliphatic heterocycles. The van der Waals surface area contributed by atoms with Crippen LogP contribution in [-0.4, -0.2) is 29.8 Å². The molecule has 1 heterocycles. The Morgan fingerprint density at radius 2 is 1.43 bits per heavy atom. The van der Waals surface area contributed by atoms with Crippen molar-refractivity contribution >= 4 is 23.2 Å². The predicted octanol–water partition coefficient (Wildman–Crippen LogP) is 4.06. The zero-order valence-corrected chi connectivity index (χ0v) is 16.7. The van der Waals surface area contributed by atoms with Gasteiger partial charge in [-0.2, -0.15) is 0 Å². The molecule has 5 nitrogen and oxygen atoms in total. The summed E-state index contributed by atoms with van der Waals surface area (Å²) in [6.45, 7) is 7.11. The van der Waals surface area contributed by atoms with Crippen molar-refractivity contribution in [1.82, 2.24) is 4.90 Å². The Hall–Kier alpha value is -2.66. The van der Waals surface area contributed by atoms with Gasteiger partial charge in [0, 0.05) is 24.8 Å². The SMILES string of the molecule is CC(=O)Nc1ccc(CC(=O)Nc2ccc(CN3CCC(C)CC3)cc2)cc1. The summed E-state index contributed by atoms with van der Waals surface area (Å²) in [6, 6.07) is 15.5. The van der Waals surface area contributed by atoms with E-state index in [1.54, 1.807) is 12.1 Å². The highest BCUT2D eigenvalue weighted by Gasteiger charge is 2.15. The number of amides is 2. The van der Waals surface area contributed by atoms with Gasteiger partial charge >= 0.3 is 0 Å². The van der Waals surface area contributed by atoms with E-state index in [4.69, 9.17) is 0 Å². The van der Waals surface area contributed by atoms with Gasteiger partial charge in [-0.1, -0.05) is 31.2 Å². The monoisotopic (exact) mass is 379 g/mol. The van der Waals surface area contributed by atoms with Crippen molar-refractivity contribution in [2.45, 2.75) is 39.7 Å². The first-order valence-corrected chi connectivity index (χ1v) is 9.95. The molecule has 5 heteroatoms. The van der Waals surface area contributed by atoms with Crippen LogP contribution >= 0.6 is 0 Å². The molecule has 0 spiro atoms. The van der Waals surface area contributed by atoms with Crippen molar-refractivity contribution in [3.8, 4) is 0 Å². The molecule has 2 N–H and O–H groups in total. The number of carbonyl (C=O) groups excluding carboxylic acids is 2. The summed E-state index contributed by atoms with van der Waals surface area (Å²) in [7, 11) is 0. The van der Waals surface area contributed by atoms with Crippen molar-refractivity contribution in [1.29, 1.82) is 0 Å². The summed E-state index contributed by atoms with van der Waals surface area (Å²) in [4.78, 5) is 25.8. The van der Waals surface area contributed by atoms with Crippen LogP contribution in [0, 0.1) is 5.92 Å². The number of nitrogens with one attached hydrogen (secondary N) is 2. The second-order valence-corrected chi connectivity index (χ2v) is 7.76. The third-order valence-electron chi connectivity index (χ3n) is 5.16. The molecule has 0 radical (unpaired) electrons. The summed E-state index contributed by atoms with van der Waals surface area (Å²) < 4.78 is 0. The summed E-state index contributed by atoms with van der Waals surface area (Å²) in [5, 5.41) is 5.67. The lowest BCUT2D eigenvalue weighted by Crippen LogP contribution is -2.32. The number of benzene rings is 2. The van der Waals surface area contributed by atoms with Crippen LogP contribution in [0.5, 0.6) is 0 Å². The lowest BCUT2D eigenvalue weighted by molar-refractivity contribution is -0.116. The molecule has 28 heavy (non-hydrogen) atoms. The topological polar surface area (TPSA) is 61.4 Å². The maximum absolute atomic E-state index is 12.3. The first-order chi connectivity index (χ1) is 13.5. The van der Waals surface area contributed by atoms with E-state index in [0.717, 1.165) is 29.4 Å². The molecule has 1 fully saturated rings. The average molecular weight is 380 g/mol. The molecule has 2 aromatic rings. The second kappa shape index (κ2) is 9.51. The largest absolute Gasteiger partial charge is 0.326 e. The van der Waals surface area contributed by atoms with Crippen LogP contribution in [0.3, 0.4) is 0 Å². The van der Waals surface area contributed by atoms with Crippen LogP contribution < -0.4 is 10.6 Å². The summed E-state index contributed by atoms with van der Waals surface area (Å²) in [5.41, 5.74) is 3.73. The van der Waals surface area contributed by atoms with Gasteiger partial charge in [-0.05, 0) is 67.2 Å². The zero-order chi connectivity index (χ0) is 19.9. The number of likely N-dealkylation sites (tertiary alicyclic amines) is 1. The van der Waals surface area contributed by atoms with Crippen LogP contribution in [0.25, 0.3) is 0 Å². The Balaban J connectivity index is 1.48. The molecule has 0 bridgehead atoms. The van der Waals surface area contributed by atoms with E-state index < -0.39 is 0 Å². The fraction of sp³-hybridized carbons (Fsp3) is 0.391. The molecule has 2 aromatic carbocycles. The number of nitrogens with zero attached hydrogens (tertiary/aromatic N) is 1. The molecular formula is C23H29N3O2. The van der Waals surface area contributed by atoms with Gasteiger partial charge in [-0.25, -0.2) is 0 Å². The van der Waals surface area contributed by atoms with Crippen LogP contribution in [0.15, 0.2) is 48.5 Å². The molecule has 1 aliphatic rings. The third-order valence-corrected chi connectivity index (χ3v) is 5.16. The maximum Gasteiger partial charge on any atom is 0.228 e. The van der Waals surface area contributed by atoms with Gasteiger partial charge in [0.2, 0.25) is 11.8 Å². The van der Waals surface area contributed by atoms with Crippen LogP contribution in [0.2, 0.25) is 0 Å². The Labute approximate surface area is 167 Å². The van der Waals surface area contributed by atoms with Crippen LogP contribution in [0.4, 0.5) is 11.4 Å². The lowest BCUT2D eigenvalue weighted by atomic mass is 9.99. The van der Waals surface area contributed by atoms with Gasteiger partial charge in [0.15, 0.2) is 0 Å². The van der Waals surface area contributed by atoms with E-state index in [1.807, 2.05) is 24.3 Å². The Bertz CT molecular complexity index is 792. The molecule has 2 amide bonds. The maximum atomic E-state index is 12.3. The fourth-order valence-electron chi connectivity index (χ4n) is 3.47.